The fraction of sp³-hybridized carbons (Fsp3) is 0.500. The van der Waals surface area contributed by atoms with Gasteiger partial charge in [0.2, 0.25) is 0 Å². The summed E-state index contributed by atoms with van der Waals surface area (Å²) in [6.45, 7) is 3.23. The molecule has 2 N–H and O–H groups in total. The number of nitrogens with one attached hydrogen (secondary N) is 2. The molecule has 148 valence electrons. The molecule has 6 nitrogen and oxygen atoms in total. The van der Waals surface area contributed by atoms with Gasteiger partial charge in [-0.1, -0.05) is 42.7 Å². The molecule has 1 aliphatic carbocycles. The van der Waals surface area contributed by atoms with E-state index in [2.05, 4.69) is 21.7 Å². The standard InChI is InChI=1S/C22H28N4O2/c1-15-7-6-8-16(13-15)14-23-22(28)20-25-19(18-11-4-5-12-26(18)20)21(27)24-17-9-2-3-10-17/h6-8,13,17H,2-5,9-12,14H2,1H3,(H,23,28)(H,24,27). The molecule has 0 bridgehead atoms. The third-order valence-corrected chi connectivity index (χ3v) is 5.76. The predicted molar refractivity (Wildman–Crippen MR) is 107 cm³/mol. The van der Waals surface area contributed by atoms with Crippen LogP contribution in [0.4, 0.5) is 0 Å². The summed E-state index contributed by atoms with van der Waals surface area (Å²) in [5, 5.41) is 6.08. The van der Waals surface area contributed by atoms with Gasteiger partial charge in [0.1, 0.15) is 5.69 Å². The molecule has 4 rings (SSSR count). The van der Waals surface area contributed by atoms with Crippen LogP contribution in [0.15, 0.2) is 24.3 Å². The van der Waals surface area contributed by atoms with Crippen LogP contribution in [0.5, 0.6) is 0 Å². The van der Waals surface area contributed by atoms with Crippen LogP contribution >= 0.6 is 0 Å². The number of hydrogen-bond donors (Lipinski definition) is 2. The number of hydrogen-bond acceptors (Lipinski definition) is 3. The monoisotopic (exact) mass is 380 g/mol. The summed E-state index contributed by atoms with van der Waals surface area (Å²) in [7, 11) is 0. The van der Waals surface area contributed by atoms with Crippen molar-refractivity contribution in [2.75, 3.05) is 0 Å². The largest absolute Gasteiger partial charge is 0.348 e. The van der Waals surface area contributed by atoms with E-state index in [-0.39, 0.29) is 17.9 Å². The third kappa shape index (κ3) is 3.96. The summed E-state index contributed by atoms with van der Waals surface area (Å²) in [5.74, 6) is 0.0128. The normalized spacial score (nSPS) is 16.6. The molecular formula is C22H28N4O2. The highest BCUT2D eigenvalue weighted by molar-refractivity contribution is 5.97. The molecule has 1 aliphatic heterocycles. The quantitative estimate of drug-likeness (QED) is 0.837. The van der Waals surface area contributed by atoms with Crippen molar-refractivity contribution >= 4 is 11.8 Å². The predicted octanol–water partition coefficient (Wildman–Crippen LogP) is 3.13. The number of amides is 2. The van der Waals surface area contributed by atoms with Crippen molar-refractivity contribution in [1.82, 2.24) is 20.2 Å². The molecule has 2 aliphatic rings. The van der Waals surface area contributed by atoms with E-state index in [0.717, 1.165) is 55.5 Å². The van der Waals surface area contributed by atoms with Crippen molar-refractivity contribution in [1.29, 1.82) is 0 Å². The van der Waals surface area contributed by atoms with Crippen LogP contribution < -0.4 is 10.6 Å². The van der Waals surface area contributed by atoms with Crippen LogP contribution in [0.1, 0.15) is 76.5 Å². The summed E-state index contributed by atoms with van der Waals surface area (Å²) in [6, 6.07) is 8.31. The third-order valence-electron chi connectivity index (χ3n) is 5.76. The second kappa shape index (κ2) is 8.17. The molecule has 0 spiro atoms. The van der Waals surface area contributed by atoms with Gasteiger partial charge in [0, 0.05) is 19.1 Å². The van der Waals surface area contributed by atoms with E-state index >= 15 is 0 Å². The second-order valence-corrected chi connectivity index (χ2v) is 7.97. The second-order valence-electron chi connectivity index (χ2n) is 7.97. The lowest BCUT2D eigenvalue weighted by Crippen LogP contribution is -2.33. The number of nitrogens with zero attached hydrogens (tertiary/aromatic N) is 2. The van der Waals surface area contributed by atoms with E-state index in [1.165, 1.54) is 12.8 Å². The zero-order chi connectivity index (χ0) is 19.5. The van der Waals surface area contributed by atoms with E-state index in [0.29, 0.717) is 18.1 Å². The number of rotatable bonds is 5. The molecular weight excluding hydrogens is 352 g/mol. The Morgan fingerprint density at radius 2 is 1.96 bits per heavy atom. The van der Waals surface area contributed by atoms with Crippen molar-refractivity contribution in [3.8, 4) is 0 Å². The summed E-state index contributed by atoms with van der Waals surface area (Å²) >= 11 is 0. The van der Waals surface area contributed by atoms with Gasteiger partial charge in [-0.05, 0) is 44.6 Å². The Kier molecular flexibility index (Phi) is 5.46. The molecule has 0 saturated heterocycles. The first-order valence-electron chi connectivity index (χ1n) is 10.4. The van der Waals surface area contributed by atoms with E-state index in [1.54, 1.807) is 0 Å². The average Bonchev–Trinajstić information content (AvgIpc) is 3.34. The SMILES string of the molecule is Cc1cccc(CNC(=O)c2nc(C(=O)NC3CCCC3)c3n2CCCC3)c1. The fourth-order valence-electron chi connectivity index (χ4n) is 4.31. The number of carbonyl (C=O) groups excluding carboxylic acids is 2. The van der Waals surface area contributed by atoms with Crippen molar-refractivity contribution in [3.05, 3.63) is 52.6 Å². The Hall–Kier alpha value is -2.63. The maximum Gasteiger partial charge on any atom is 0.287 e. The maximum atomic E-state index is 12.8. The topological polar surface area (TPSA) is 76.0 Å². The van der Waals surface area contributed by atoms with Crippen molar-refractivity contribution in [2.45, 2.75) is 71.0 Å². The van der Waals surface area contributed by atoms with Gasteiger partial charge >= 0.3 is 0 Å². The highest BCUT2D eigenvalue weighted by Crippen LogP contribution is 2.23. The molecule has 1 aromatic carbocycles. The van der Waals surface area contributed by atoms with Crippen molar-refractivity contribution < 1.29 is 9.59 Å². The molecule has 1 saturated carbocycles. The molecule has 1 fully saturated rings. The molecule has 28 heavy (non-hydrogen) atoms. The Morgan fingerprint density at radius 3 is 2.75 bits per heavy atom. The summed E-state index contributed by atoms with van der Waals surface area (Å²) < 4.78 is 1.94. The lowest BCUT2D eigenvalue weighted by Gasteiger charge is -2.17. The number of fused-ring (bicyclic) bond motifs is 1. The van der Waals surface area contributed by atoms with E-state index in [9.17, 15) is 9.59 Å². The van der Waals surface area contributed by atoms with Gasteiger partial charge in [-0.25, -0.2) is 4.98 Å². The van der Waals surface area contributed by atoms with Gasteiger partial charge < -0.3 is 15.2 Å². The van der Waals surface area contributed by atoms with E-state index < -0.39 is 0 Å². The van der Waals surface area contributed by atoms with E-state index in [4.69, 9.17) is 0 Å². The van der Waals surface area contributed by atoms with Gasteiger partial charge in [-0.3, -0.25) is 9.59 Å². The molecule has 0 atom stereocenters. The van der Waals surface area contributed by atoms with E-state index in [1.807, 2.05) is 29.7 Å². The van der Waals surface area contributed by atoms with Gasteiger partial charge in [0.15, 0.2) is 5.82 Å². The first-order chi connectivity index (χ1) is 13.6. The summed E-state index contributed by atoms with van der Waals surface area (Å²) in [6.07, 6.45) is 7.23. The smallest absolute Gasteiger partial charge is 0.287 e. The number of benzene rings is 1. The Labute approximate surface area is 165 Å². The first kappa shape index (κ1) is 18.7. The van der Waals surface area contributed by atoms with Crippen LogP contribution in [0.3, 0.4) is 0 Å². The molecule has 0 radical (unpaired) electrons. The Bertz CT molecular complexity index is 881. The van der Waals surface area contributed by atoms with Crippen LogP contribution in [0, 0.1) is 6.92 Å². The number of carbonyl (C=O) groups is 2. The molecule has 2 aromatic rings. The van der Waals surface area contributed by atoms with Crippen molar-refractivity contribution in [3.63, 3.8) is 0 Å². The van der Waals surface area contributed by atoms with Crippen LogP contribution in [0.2, 0.25) is 0 Å². The van der Waals surface area contributed by atoms with Crippen LogP contribution in [-0.4, -0.2) is 27.4 Å². The Morgan fingerprint density at radius 1 is 1.14 bits per heavy atom. The van der Waals surface area contributed by atoms with Gasteiger partial charge in [0.25, 0.3) is 11.8 Å². The number of imidazole rings is 1. The van der Waals surface area contributed by atoms with Gasteiger partial charge in [0.05, 0.1) is 5.69 Å². The lowest BCUT2D eigenvalue weighted by molar-refractivity contribution is 0.0931. The first-order valence-corrected chi connectivity index (χ1v) is 10.4. The molecule has 0 unspecified atom stereocenters. The zero-order valence-electron chi connectivity index (χ0n) is 16.5. The van der Waals surface area contributed by atoms with Gasteiger partial charge in [-0.15, -0.1) is 0 Å². The minimum Gasteiger partial charge on any atom is -0.348 e. The lowest BCUT2D eigenvalue weighted by atomic mass is 10.1. The molecule has 1 aromatic heterocycles. The minimum absolute atomic E-state index is 0.129. The molecule has 6 heteroatoms. The highest BCUT2D eigenvalue weighted by atomic mass is 16.2. The number of aromatic nitrogens is 2. The fourth-order valence-corrected chi connectivity index (χ4v) is 4.31. The average molecular weight is 380 g/mol. The Balaban J connectivity index is 1.52. The number of aryl methyl sites for hydroxylation is 1. The van der Waals surface area contributed by atoms with Crippen LogP contribution in [0.25, 0.3) is 0 Å². The summed E-state index contributed by atoms with van der Waals surface area (Å²) in [5.41, 5.74) is 3.56. The zero-order valence-corrected chi connectivity index (χ0v) is 16.5. The minimum atomic E-state index is -0.218. The van der Waals surface area contributed by atoms with Crippen LogP contribution in [-0.2, 0) is 19.5 Å². The summed E-state index contributed by atoms with van der Waals surface area (Å²) in [4.78, 5) is 30.1. The highest BCUT2D eigenvalue weighted by Gasteiger charge is 2.28. The molecule has 2 heterocycles. The maximum absolute atomic E-state index is 12.8. The van der Waals surface area contributed by atoms with Gasteiger partial charge in [-0.2, -0.15) is 0 Å². The van der Waals surface area contributed by atoms with Crippen molar-refractivity contribution in [2.24, 2.45) is 0 Å². The molecule has 2 amide bonds.